The molecule has 32 heavy (non-hydrogen) atoms. The van der Waals surface area contributed by atoms with Crippen molar-refractivity contribution in [3.63, 3.8) is 0 Å². The molecule has 3 aromatic carbocycles. The molecule has 0 aliphatic heterocycles. The van der Waals surface area contributed by atoms with Crippen molar-refractivity contribution < 1.29 is 14.3 Å². The first-order valence-electron chi connectivity index (χ1n) is 9.93. The van der Waals surface area contributed by atoms with Crippen molar-refractivity contribution in [1.82, 2.24) is 0 Å². The Morgan fingerprint density at radius 3 is 2.06 bits per heavy atom. The van der Waals surface area contributed by atoms with Gasteiger partial charge in [0.05, 0.1) is 6.54 Å². The summed E-state index contributed by atoms with van der Waals surface area (Å²) in [6.45, 7) is 0.905. The molecule has 0 fully saturated rings. The molecule has 0 heterocycles. The fourth-order valence-corrected chi connectivity index (χ4v) is 3.07. The molecule has 0 unspecified atom stereocenters. The van der Waals surface area contributed by atoms with E-state index in [1.54, 1.807) is 13.2 Å². The number of rotatable bonds is 10. The van der Waals surface area contributed by atoms with E-state index < -0.39 is 0 Å². The van der Waals surface area contributed by atoms with E-state index in [2.05, 4.69) is 10.1 Å². The van der Waals surface area contributed by atoms with Crippen molar-refractivity contribution in [2.24, 2.45) is 5.16 Å². The Balaban J connectivity index is 1.59. The first-order valence-corrected chi connectivity index (χ1v) is 10.7. The minimum absolute atomic E-state index is 0.182. The van der Waals surface area contributed by atoms with Gasteiger partial charge in [-0.1, -0.05) is 58.7 Å². The fraction of sp³-hybridized carbons (Fsp3) is 0.160. The Morgan fingerprint density at radius 2 is 1.47 bits per heavy atom. The molecule has 7 heteroatoms. The van der Waals surface area contributed by atoms with E-state index in [0.717, 1.165) is 22.7 Å². The largest absolute Gasteiger partial charge is 0.489 e. The van der Waals surface area contributed by atoms with Crippen LogP contribution < -0.4 is 14.4 Å². The molecule has 0 N–H and O–H groups in total. The first-order chi connectivity index (χ1) is 15.5. The van der Waals surface area contributed by atoms with Gasteiger partial charge in [0.25, 0.3) is 0 Å². The number of nitrogens with zero attached hydrogens (tertiary/aromatic N) is 2. The molecule has 0 radical (unpaired) electrons. The van der Waals surface area contributed by atoms with Crippen LogP contribution in [-0.4, -0.2) is 33.0 Å². The number of hydrogen-bond acceptors (Lipinski definition) is 5. The van der Waals surface area contributed by atoms with Gasteiger partial charge in [-0.15, -0.1) is 0 Å². The van der Waals surface area contributed by atoms with Crippen LogP contribution in [0.1, 0.15) is 5.56 Å². The maximum absolute atomic E-state index is 5.93. The van der Waals surface area contributed by atoms with Gasteiger partial charge in [-0.05, 0) is 54.6 Å². The first kappa shape index (κ1) is 23.5. The van der Waals surface area contributed by atoms with Crippen LogP contribution in [0.15, 0.2) is 94.6 Å². The monoisotopic (exact) mass is 470 g/mol. The van der Waals surface area contributed by atoms with Crippen molar-refractivity contribution in [1.29, 1.82) is 0 Å². The maximum atomic E-state index is 5.93. The number of halogens is 2. The number of likely N-dealkylation sites (N-methyl/N-ethyl adjacent to an activating group) is 1. The predicted octanol–water partition coefficient (Wildman–Crippen LogP) is 6.66. The Labute approximate surface area is 198 Å². The summed E-state index contributed by atoms with van der Waals surface area (Å²) in [5.74, 6) is 2.15. The number of anilines is 1. The zero-order valence-corrected chi connectivity index (χ0v) is 19.4. The number of oxime groups is 1. The standard InChI is InChI=1S/C25H24Cl2N2O3/c1-29(18-24(28-30-2)19-6-4-3-5-7-19)20-8-10-22(11-9-20)32-23-14-12-21(13-15-23)31-17-16-25(26)27/h3-16H,17-18H2,1-2H3. The molecule has 0 amide bonds. The van der Waals surface area contributed by atoms with E-state index in [4.69, 9.17) is 37.5 Å². The van der Waals surface area contributed by atoms with Crippen molar-refractivity contribution >= 4 is 34.6 Å². The van der Waals surface area contributed by atoms with Crippen LogP contribution in [0.2, 0.25) is 0 Å². The van der Waals surface area contributed by atoms with Crippen LogP contribution in [0.25, 0.3) is 0 Å². The van der Waals surface area contributed by atoms with Crippen LogP contribution in [0.4, 0.5) is 5.69 Å². The summed E-state index contributed by atoms with van der Waals surface area (Å²) in [5.41, 5.74) is 2.91. The third-order valence-electron chi connectivity index (χ3n) is 4.52. The van der Waals surface area contributed by atoms with E-state index in [1.165, 1.54) is 0 Å². The number of ether oxygens (including phenoxy) is 2. The lowest BCUT2D eigenvalue weighted by Gasteiger charge is -2.20. The van der Waals surface area contributed by atoms with Crippen molar-refractivity contribution in [2.75, 3.05) is 32.2 Å². The van der Waals surface area contributed by atoms with Gasteiger partial charge in [-0.25, -0.2) is 0 Å². The van der Waals surface area contributed by atoms with E-state index >= 15 is 0 Å². The molecule has 3 rings (SSSR count). The minimum Gasteiger partial charge on any atom is -0.489 e. The van der Waals surface area contributed by atoms with E-state index in [1.807, 2.05) is 85.9 Å². The van der Waals surface area contributed by atoms with Gasteiger partial charge in [-0.2, -0.15) is 0 Å². The molecule has 166 valence electrons. The maximum Gasteiger partial charge on any atom is 0.127 e. The molecule has 5 nitrogen and oxygen atoms in total. The molecule has 0 saturated carbocycles. The molecule has 0 aliphatic carbocycles. The topological polar surface area (TPSA) is 43.3 Å². The van der Waals surface area contributed by atoms with E-state index in [-0.39, 0.29) is 4.49 Å². The van der Waals surface area contributed by atoms with E-state index in [9.17, 15) is 0 Å². The van der Waals surface area contributed by atoms with Crippen molar-refractivity contribution in [3.8, 4) is 17.2 Å². The highest BCUT2D eigenvalue weighted by Crippen LogP contribution is 2.26. The Hall–Kier alpha value is -3.15. The van der Waals surface area contributed by atoms with Gasteiger partial charge >= 0.3 is 0 Å². The summed E-state index contributed by atoms with van der Waals surface area (Å²) in [5, 5.41) is 4.19. The lowest BCUT2D eigenvalue weighted by molar-refractivity contribution is 0.213. The quantitative estimate of drug-likeness (QED) is 0.245. The van der Waals surface area contributed by atoms with Crippen LogP contribution in [0.3, 0.4) is 0 Å². The lowest BCUT2D eigenvalue weighted by Crippen LogP contribution is -2.26. The third kappa shape index (κ3) is 7.22. The summed E-state index contributed by atoms with van der Waals surface area (Å²) in [4.78, 5) is 7.14. The second-order valence-electron chi connectivity index (χ2n) is 6.81. The van der Waals surface area contributed by atoms with Gasteiger partial charge in [0.1, 0.15) is 41.2 Å². The SMILES string of the molecule is CON=C(CN(C)c1ccc(Oc2ccc(OCC=C(Cl)Cl)cc2)cc1)c1ccccc1. The third-order valence-corrected chi connectivity index (χ3v) is 4.83. The van der Waals surface area contributed by atoms with Gasteiger partial charge in [0.15, 0.2) is 0 Å². The molecule has 0 spiro atoms. The van der Waals surface area contributed by atoms with Crippen LogP contribution >= 0.6 is 23.2 Å². The van der Waals surface area contributed by atoms with Gasteiger partial charge in [0, 0.05) is 18.3 Å². The van der Waals surface area contributed by atoms with Crippen LogP contribution in [0.5, 0.6) is 17.2 Å². The molecule has 0 aliphatic rings. The van der Waals surface area contributed by atoms with E-state index in [0.29, 0.717) is 24.7 Å². The zero-order chi connectivity index (χ0) is 22.8. The summed E-state index contributed by atoms with van der Waals surface area (Å²) in [7, 11) is 3.57. The number of benzene rings is 3. The minimum atomic E-state index is 0.182. The van der Waals surface area contributed by atoms with Gasteiger partial charge < -0.3 is 19.2 Å². The zero-order valence-electron chi connectivity index (χ0n) is 17.9. The Bertz CT molecular complexity index is 1030. The highest BCUT2D eigenvalue weighted by Gasteiger charge is 2.10. The van der Waals surface area contributed by atoms with Crippen molar-refractivity contribution in [2.45, 2.75) is 0 Å². The Morgan fingerprint density at radius 1 is 0.875 bits per heavy atom. The number of hydrogen-bond donors (Lipinski definition) is 0. The molecular formula is C25H24Cl2N2O3. The van der Waals surface area contributed by atoms with Crippen LogP contribution in [-0.2, 0) is 4.84 Å². The average Bonchev–Trinajstić information content (AvgIpc) is 2.81. The fourth-order valence-electron chi connectivity index (χ4n) is 2.94. The summed E-state index contributed by atoms with van der Waals surface area (Å²) >= 11 is 11.1. The van der Waals surface area contributed by atoms with Gasteiger partial charge in [0.2, 0.25) is 0 Å². The highest BCUT2D eigenvalue weighted by atomic mass is 35.5. The second-order valence-corrected chi connectivity index (χ2v) is 7.82. The van der Waals surface area contributed by atoms with Gasteiger partial charge in [-0.3, -0.25) is 0 Å². The summed E-state index contributed by atoms with van der Waals surface area (Å²) in [6.07, 6.45) is 1.58. The lowest BCUT2D eigenvalue weighted by atomic mass is 10.1. The molecule has 3 aromatic rings. The molecule has 0 aromatic heterocycles. The molecule has 0 atom stereocenters. The summed E-state index contributed by atoms with van der Waals surface area (Å²) in [6, 6.07) is 25.2. The smallest absolute Gasteiger partial charge is 0.127 e. The average molecular weight is 471 g/mol. The Kier molecular flexibility index (Phi) is 8.84. The normalized spacial score (nSPS) is 10.9. The second kappa shape index (κ2) is 12.0. The van der Waals surface area contributed by atoms with Crippen molar-refractivity contribution in [3.05, 3.63) is 95.0 Å². The summed E-state index contributed by atoms with van der Waals surface area (Å²) < 4.78 is 11.6. The molecule has 0 saturated heterocycles. The molecule has 0 bridgehead atoms. The highest BCUT2D eigenvalue weighted by molar-refractivity contribution is 6.55. The molecular weight excluding hydrogens is 447 g/mol. The predicted molar refractivity (Wildman–Crippen MR) is 131 cm³/mol. The van der Waals surface area contributed by atoms with Crippen LogP contribution in [0, 0.1) is 0 Å².